The number of rotatable bonds is 17. The van der Waals surface area contributed by atoms with E-state index in [4.69, 9.17) is 17.2 Å². The molecule has 0 aliphatic carbocycles. The van der Waals surface area contributed by atoms with Gasteiger partial charge in [-0.05, 0) is 60.9 Å². The Morgan fingerprint density at radius 2 is 1.50 bits per heavy atom. The van der Waals surface area contributed by atoms with Crippen LogP contribution >= 0.6 is 0 Å². The van der Waals surface area contributed by atoms with Crippen LogP contribution in [-0.2, 0) is 32.0 Å². The van der Waals surface area contributed by atoms with E-state index >= 15 is 0 Å². The number of carboxylic acids is 1. The van der Waals surface area contributed by atoms with Gasteiger partial charge in [0.1, 0.15) is 23.9 Å². The summed E-state index contributed by atoms with van der Waals surface area (Å²) in [5.74, 6) is -3.19. The molecule has 3 aromatic rings. The van der Waals surface area contributed by atoms with E-state index in [9.17, 15) is 29.4 Å². The van der Waals surface area contributed by atoms with Gasteiger partial charge in [-0.1, -0.05) is 44.2 Å². The van der Waals surface area contributed by atoms with Crippen molar-refractivity contribution in [2.75, 3.05) is 6.54 Å². The van der Waals surface area contributed by atoms with Crippen molar-refractivity contribution in [3.8, 4) is 5.75 Å². The monoisotopic (exact) mass is 636 g/mol. The Morgan fingerprint density at radius 3 is 2.15 bits per heavy atom. The lowest BCUT2D eigenvalue weighted by molar-refractivity contribution is -0.142. The number of aliphatic imine (C=N–C) groups is 1. The molecule has 14 heteroatoms. The van der Waals surface area contributed by atoms with Crippen molar-refractivity contribution < 1.29 is 29.4 Å². The number of aromatic amines is 1. The zero-order chi connectivity index (χ0) is 33.8. The van der Waals surface area contributed by atoms with Crippen molar-refractivity contribution in [2.45, 2.75) is 70.1 Å². The Kier molecular flexibility index (Phi) is 12.9. The molecule has 14 nitrogen and oxygen atoms in total. The lowest BCUT2D eigenvalue weighted by atomic mass is 10.0. The third kappa shape index (κ3) is 10.8. The van der Waals surface area contributed by atoms with Crippen molar-refractivity contribution in [2.24, 2.45) is 28.1 Å². The molecule has 4 atom stereocenters. The molecule has 0 bridgehead atoms. The maximum Gasteiger partial charge on any atom is 0.326 e. The zero-order valence-corrected chi connectivity index (χ0v) is 26.0. The predicted octanol–water partition coefficient (Wildman–Crippen LogP) is 0.625. The van der Waals surface area contributed by atoms with E-state index in [1.807, 2.05) is 38.1 Å². The van der Waals surface area contributed by atoms with Crippen LogP contribution < -0.4 is 33.2 Å². The highest BCUT2D eigenvalue weighted by Crippen LogP contribution is 2.20. The Bertz CT molecular complexity index is 1520. The van der Waals surface area contributed by atoms with Crippen molar-refractivity contribution in [1.29, 1.82) is 0 Å². The smallest absolute Gasteiger partial charge is 0.326 e. The summed E-state index contributed by atoms with van der Waals surface area (Å²) in [5, 5.41) is 28.1. The number of H-pyrrole nitrogens is 1. The van der Waals surface area contributed by atoms with E-state index in [2.05, 4.69) is 25.9 Å². The van der Waals surface area contributed by atoms with Crippen LogP contribution in [0.15, 0.2) is 59.7 Å². The molecule has 0 saturated heterocycles. The summed E-state index contributed by atoms with van der Waals surface area (Å²) in [4.78, 5) is 59.5. The number of aliphatic carboxylic acids is 1. The average molecular weight is 637 g/mol. The number of hydrogen-bond donors (Lipinski definition) is 9. The second-order valence-corrected chi connectivity index (χ2v) is 11.6. The summed E-state index contributed by atoms with van der Waals surface area (Å²) >= 11 is 0. The normalized spacial score (nSPS) is 13.7. The molecule has 3 rings (SSSR count). The molecular weight excluding hydrogens is 592 g/mol. The number of phenols is 1. The quantitative estimate of drug-likeness (QED) is 0.0571. The fraction of sp³-hybridized carbons (Fsp3) is 0.406. The molecule has 0 aliphatic heterocycles. The molecule has 1 aromatic heterocycles. The Labute approximate surface area is 267 Å². The first-order valence-electron chi connectivity index (χ1n) is 15.1. The number of aromatic nitrogens is 1. The van der Waals surface area contributed by atoms with Crippen LogP contribution in [0.1, 0.15) is 44.2 Å². The lowest BCUT2D eigenvalue weighted by Crippen LogP contribution is -2.57. The zero-order valence-electron chi connectivity index (χ0n) is 26.0. The number of carboxylic acid groups (broad SMARTS) is 1. The van der Waals surface area contributed by atoms with Crippen LogP contribution in [0.2, 0.25) is 0 Å². The van der Waals surface area contributed by atoms with E-state index < -0.39 is 47.9 Å². The molecule has 1 heterocycles. The number of para-hydroxylation sites is 1. The summed E-state index contributed by atoms with van der Waals surface area (Å²) in [6.45, 7) is 3.88. The van der Waals surface area contributed by atoms with Gasteiger partial charge in [-0.3, -0.25) is 19.4 Å². The Balaban J connectivity index is 1.84. The number of phenolic OH excluding ortho intramolecular Hbond substituents is 1. The average Bonchev–Trinajstić information content (AvgIpc) is 3.41. The molecule has 46 heavy (non-hydrogen) atoms. The van der Waals surface area contributed by atoms with Gasteiger partial charge in [0, 0.05) is 30.1 Å². The largest absolute Gasteiger partial charge is 0.508 e. The van der Waals surface area contributed by atoms with Gasteiger partial charge in [0.15, 0.2) is 5.96 Å². The van der Waals surface area contributed by atoms with Gasteiger partial charge in [0.2, 0.25) is 17.7 Å². The maximum atomic E-state index is 13.7. The van der Waals surface area contributed by atoms with Gasteiger partial charge in [0.05, 0.1) is 6.04 Å². The molecule has 248 valence electrons. The first-order valence-corrected chi connectivity index (χ1v) is 15.1. The summed E-state index contributed by atoms with van der Waals surface area (Å²) in [7, 11) is 0. The van der Waals surface area contributed by atoms with E-state index in [0.717, 1.165) is 16.5 Å². The van der Waals surface area contributed by atoms with E-state index in [1.54, 1.807) is 18.3 Å². The topological polar surface area (TPSA) is 251 Å². The number of fused-ring (bicyclic) bond motifs is 1. The summed E-state index contributed by atoms with van der Waals surface area (Å²) in [6.07, 6.45) is 2.55. The number of nitrogens with two attached hydrogens (primary N) is 3. The number of guanidine groups is 1. The number of benzene rings is 2. The molecule has 2 aromatic carbocycles. The van der Waals surface area contributed by atoms with E-state index in [0.29, 0.717) is 12.0 Å². The van der Waals surface area contributed by atoms with Gasteiger partial charge in [-0.25, -0.2) is 4.79 Å². The second-order valence-electron chi connectivity index (χ2n) is 11.6. The molecule has 0 saturated carbocycles. The third-order valence-corrected chi connectivity index (χ3v) is 7.36. The number of carbonyl (C=O) groups excluding carboxylic acids is 3. The van der Waals surface area contributed by atoms with Crippen LogP contribution in [0.4, 0.5) is 0 Å². The molecule has 12 N–H and O–H groups in total. The Hall–Kier alpha value is -5.11. The molecule has 4 unspecified atom stereocenters. The number of amides is 3. The van der Waals surface area contributed by atoms with Crippen LogP contribution in [0, 0.1) is 5.92 Å². The summed E-state index contributed by atoms with van der Waals surface area (Å²) in [6, 6.07) is 9.22. The van der Waals surface area contributed by atoms with Crippen LogP contribution in [-0.4, -0.2) is 75.6 Å². The number of nitrogens with one attached hydrogen (secondary N) is 4. The van der Waals surface area contributed by atoms with Crippen molar-refractivity contribution >= 4 is 40.6 Å². The minimum atomic E-state index is -1.19. The first-order chi connectivity index (χ1) is 21.8. The molecule has 0 fully saturated rings. The van der Waals surface area contributed by atoms with Gasteiger partial charge in [-0.15, -0.1) is 0 Å². The highest BCUT2D eigenvalue weighted by molar-refractivity contribution is 5.95. The standard InChI is InChI=1S/C32H44N8O6/c1-18(2)14-27(31(45)46)40-30(44)26(16-20-17-37-24-7-4-3-6-22(20)24)39-29(43)25(8-5-13-36-32(34)35)38-28(42)23(33)15-19-9-11-21(41)12-10-19/h3-4,6-7,9-12,17-18,23,25-27,37,41H,5,8,13-16,33H2,1-2H3,(H,38,42)(H,39,43)(H,40,44)(H,45,46)(H4,34,35,36). The highest BCUT2D eigenvalue weighted by Gasteiger charge is 2.31. The second kappa shape index (κ2) is 16.8. The van der Waals surface area contributed by atoms with E-state index in [-0.39, 0.29) is 49.9 Å². The van der Waals surface area contributed by atoms with E-state index in [1.165, 1.54) is 12.1 Å². The third-order valence-electron chi connectivity index (χ3n) is 7.36. The Morgan fingerprint density at radius 1 is 0.870 bits per heavy atom. The van der Waals surface area contributed by atoms with Gasteiger partial charge in [0.25, 0.3) is 0 Å². The molecule has 0 aliphatic rings. The first kappa shape index (κ1) is 35.4. The van der Waals surface area contributed by atoms with Gasteiger partial charge >= 0.3 is 5.97 Å². The number of hydrogen-bond acceptors (Lipinski definition) is 7. The SMILES string of the molecule is CC(C)CC(NC(=O)C(Cc1c[nH]c2ccccc12)NC(=O)C(CCCN=C(N)N)NC(=O)C(N)Cc1ccc(O)cc1)C(=O)O. The minimum absolute atomic E-state index is 0.0151. The molecular formula is C32H44N8O6. The number of aromatic hydroxyl groups is 1. The van der Waals surface area contributed by atoms with Gasteiger partial charge < -0.3 is 48.3 Å². The summed E-state index contributed by atoms with van der Waals surface area (Å²) in [5.41, 5.74) is 19.3. The highest BCUT2D eigenvalue weighted by atomic mass is 16.4. The number of carbonyl (C=O) groups is 4. The van der Waals surface area contributed by atoms with Crippen molar-refractivity contribution in [3.05, 3.63) is 65.9 Å². The number of nitrogens with zero attached hydrogens (tertiary/aromatic N) is 1. The van der Waals surface area contributed by atoms with Gasteiger partial charge in [-0.2, -0.15) is 0 Å². The predicted molar refractivity (Wildman–Crippen MR) is 175 cm³/mol. The van der Waals surface area contributed by atoms with Crippen molar-refractivity contribution in [1.82, 2.24) is 20.9 Å². The van der Waals surface area contributed by atoms with Crippen molar-refractivity contribution in [3.63, 3.8) is 0 Å². The van der Waals surface area contributed by atoms with Crippen LogP contribution in [0.25, 0.3) is 10.9 Å². The fourth-order valence-corrected chi connectivity index (χ4v) is 5.00. The fourth-order valence-electron chi connectivity index (χ4n) is 5.00. The maximum absolute atomic E-state index is 13.7. The minimum Gasteiger partial charge on any atom is -0.508 e. The lowest BCUT2D eigenvalue weighted by Gasteiger charge is -2.25. The molecule has 3 amide bonds. The summed E-state index contributed by atoms with van der Waals surface area (Å²) < 4.78 is 0. The molecule has 0 spiro atoms. The van der Waals surface area contributed by atoms with Crippen LogP contribution in [0.3, 0.4) is 0 Å². The van der Waals surface area contributed by atoms with Crippen LogP contribution in [0.5, 0.6) is 5.75 Å². The molecule has 0 radical (unpaired) electrons.